The Morgan fingerprint density at radius 3 is 2.70 bits per heavy atom. The molecule has 110 valence electrons. The van der Waals surface area contributed by atoms with Crippen LogP contribution in [0.15, 0.2) is 18.2 Å². The molecule has 0 radical (unpaired) electrons. The lowest BCUT2D eigenvalue weighted by Gasteiger charge is -2.24. The predicted molar refractivity (Wildman–Crippen MR) is 83.7 cm³/mol. The molecule has 20 heavy (non-hydrogen) atoms. The van der Waals surface area contributed by atoms with Gasteiger partial charge in [-0.1, -0.05) is 6.07 Å². The first kappa shape index (κ1) is 15.3. The van der Waals surface area contributed by atoms with Crippen molar-refractivity contribution in [1.82, 2.24) is 10.6 Å². The molecule has 1 aliphatic carbocycles. The summed E-state index contributed by atoms with van der Waals surface area (Å²) in [6, 6.07) is 6.51. The molecule has 1 atom stereocenters. The number of carbonyl (C=O) groups is 1. The quantitative estimate of drug-likeness (QED) is 0.880. The maximum Gasteiger partial charge on any atom is 0.251 e. The highest BCUT2D eigenvalue weighted by Crippen LogP contribution is 2.22. The minimum Gasteiger partial charge on any atom is -0.348 e. The molecule has 0 saturated carbocycles. The lowest BCUT2D eigenvalue weighted by Crippen LogP contribution is -2.45. The molecule has 1 fully saturated rings. The van der Waals surface area contributed by atoms with Crippen LogP contribution < -0.4 is 10.6 Å². The first-order valence-corrected chi connectivity index (χ1v) is 7.46. The van der Waals surface area contributed by atoms with Crippen LogP contribution in [0.25, 0.3) is 0 Å². The van der Waals surface area contributed by atoms with Gasteiger partial charge in [0.25, 0.3) is 5.91 Å². The molecule has 1 aliphatic heterocycles. The molecule has 1 aromatic rings. The normalized spacial score (nSPS) is 21.5. The van der Waals surface area contributed by atoms with Crippen molar-refractivity contribution in [2.45, 2.75) is 44.6 Å². The Hall–Kier alpha value is -1.06. The lowest BCUT2D eigenvalue weighted by molar-refractivity contribution is 0.0930. The van der Waals surface area contributed by atoms with Gasteiger partial charge in [-0.25, -0.2) is 0 Å². The third-order valence-electron chi connectivity index (χ3n) is 4.24. The Labute approximate surface area is 126 Å². The smallest absolute Gasteiger partial charge is 0.251 e. The number of halogens is 1. The van der Waals surface area contributed by atoms with Crippen LogP contribution in [-0.4, -0.2) is 25.0 Å². The van der Waals surface area contributed by atoms with E-state index in [4.69, 9.17) is 0 Å². The minimum absolute atomic E-state index is 0. The lowest BCUT2D eigenvalue weighted by atomic mass is 9.90. The van der Waals surface area contributed by atoms with Crippen molar-refractivity contribution in [3.63, 3.8) is 0 Å². The van der Waals surface area contributed by atoms with Gasteiger partial charge in [0.2, 0.25) is 0 Å². The van der Waals surface area contributed by atoms with Gasteiger partial charge < -0.3 is 10.6 Å². The molecule has 1 amide bonds. The molecular formula is C16H23ClN2O. The molecule has 1 heterocycles. The number of hydrogen-bond acceptors (Lipinski definition) is 2. The van der Waals surface area contributed by atoms with E-state index >= 15 is 0 Å². The molecule has 4 heteroatoms. The second-order valence-corrected chi connectivity index (χ2v) is 5.71. The molecule has 2 aliphatic rings. The van der Waals surface area contributed by atoms with Crippen molar-refractivity contribution in [1.29, 1.82) is 0 Å². The second-order valence-electron chi connectivity index (χ2n) is 5.71. The number of nitrogens with one attached hydrogen (secondary N) is 2. The van der Waals surface area contributed by atoms with E-state index in [0.29, 0.717) is 0 Å². The Kier molecular flexibility index (Phi) is 5.44. The number of fused-ring (bicyclic) bond motifs is 1. The summed E-state index contributed by atoms with van der Waals surface area (Å²) in [5.41, 5.74) is 3.63. The van der Waals surface area contributed by atoms with Crippen molar-refractivity contribution < 1.29 is 4.79 Å². The van der Waals surface area contributed by atoms with Crippen LogP contribution in [0, 0.1) is 0 Å². The molecule has 3 nitrogen and oxygen atoms in total. The molecule has 0 spiro atoms. The maximum atomic E-state index is 12.3. The van der Waals surface area contributed by atoms with Gasteiger partial charge in [0, 0.05) is 18.2 Å². The van der Waals surface area contributed by atoms with Crippen LogP contribution in [0.3, 0.4) is 0 Å². The van der Waals surface area contributed by atoms with E-state index in [2.05, 4.69) is 22.8 Å². The zero-order valence-corrected chi connectivity index (χ0v) is 12.6. The van der Waals surface area contributed by atoms with E-state index in [1.165, 1.54) is 30.4 Å². The third-order valence-corrected chi connectivity index (χ3v) is 4.24. The summed E-state index contributed by atoms with van der Waals surface area (Å²) in [6.45, 7) is 1.97. The van der Waals surface area contributed by atoms with Crippen LogP contribution in [0.4, 0.5) is 0 Å². The fourth-order valence-corrected chi connectivity index (χ4v) is 3.12. The van der Waals surface area contributed by atoms with E-state index in [1.807, 2.05) is 6.07 Å². The number of piperidine rings is 1. The molecule has 2 N–H and O–H groups in total. The number of hydrogen-bond donors (Lipinski definition) is 2. The Bertz CT molecular complexity index is 470. The summed E-state index contributed by atoms with van der Waals surface area (Å²) in [6.07, 6.45) is 7.07. The Balaban J connectivity index is 0.00000147. The number of carbonyl (C=O) groups excluding carboxylic acids is 1. The zero-order valence-electron chi connectivity index (χ0n) is 11.8. The summed E-state index contributed by atoms with van der Waals surface area (Å²) in [5, 5.41) is 6.47. The van der Waals surface area contributed by atoms with Crippen LogP contribution in [0.1, 0.15) is 47.2 Å². The third kappa shape index (κ3) is 3.53. The average Bonchev–Trinajstić information content (AvgIpc) is 2.48. The zero-order chi connectivity index (χ0) is 13.1. The van der Waals surface area contributed by atoms with E-state index in [0.717, 1.165) is 37.9 Å². The van der Waals surface area contributed by atoms with Crippen LogP contribution in [0.2, 0.25) is 0 Å². The van der Waals surface area contributed by atoms with Crippen molar-refractivity contribution in [2.24, 2.45) is 0 Å². The summed E-state index contributed by atoms with van der Waals surface area (Å²) >= 11 is 0. The fraction of sp³-hybridized carbons (Fsp3) is 0.562. The number of aryl methyl sites for hydroxylation is 2. The van der Waals surface area contributed by atoms with Crippen molar-refractivity contribution in [2.75, 3.05) is 13.1 Å². The highest BCUT2D eigenvalue weighted by atomic mass is 35.5. The van der Waals surface area contributed by atoms with E-state index in [9.17, 15) is 4.79 Å². The summed E-state index contributed by atoms with van der Waals surface area (Å²) in [7, 11) is 0. The molecule has 0 bridgehead atoms. The number of rotatable bonds is 2. The number of amides is 1. The SMILES string of the molecule is Cl.O=C(N[C@H]1CCCNC1)c1ccc2c(c1)CCCC2. The predicted octanol–water partition coefficient (Wildman–Crippen LogP) is 2.47. The summed E-state index contributed by atoms with van der Waals surface area (Å²) in [4.78, 5) is 12.3. The maximum absolute atomic E-state index is 12.3. The highest BCUT2D eigenvalue weighted by Gasteiger charge is 2.17. The molecule has 3 rings (SSSR count). The first-order chi connectivity index (χ1) is 9.33. The number of benzene rings is 1. The molecule has 0 unspecified atom stereocenters. The molecular weight excluding hydrogens is 272 g/mol. The highest BCUT2D eigenvalue weighted by molar-refractivity contribution is 5.94. The molecule has 1 aromatic carbocycles. The summed E-state index contributed by atoms with van der Waals surface area (Å²) < 4.78 is 0. The van der Waals surface area contributed by atoms with Crippen molar-refractivity contribution >= 4 is 18.3 Å². The van der Waals surface area contributed by atoms with Gasteiger partial charge in [0.05, 0.1) is 0 Å². The fourth-order valence-electron chi connectivity index (χ4n) is 3.12. The van der Waals surface area contributed by atoms with Gasteiger partial charge in [-0.2, -0.15) is 0 Å². The summed E-state index contributed by atoms with van der Waals surface area (Å²) in [5.74, 6) is 0.0853. The molecule has 1 saturated heterocycles. The van der Waals surface area contributed by atoms with Gasteiger partial charge in [-0.3, -0.25) is 4.79 Å². The van der Waals surface area contributed by atoms with Crippen LogP contribution in [-0.2, 0) is 12.8 Å². The monoisotopic (exact) mass is 294 g/mol. The van der Waals surface area contributed by atoms with Gasteiger partial charge in [0.15, 0.2) is 0 Å². The van der Waals surface area contributed by atoms with Crippen molar-refractivity contribution in [3.05, 3.63) is 34.9 Å². The van der Waals surface area contributed by atoms with E-state index in [1.54, 1.807) is 0 Å². The standard InChI is InChI=1S/C16H22N2O.ClH/c19-16(18-15-6-3-9-17-11-15)14-8-7-12-4-1-2-5-13(12)10-14;/h7-8,10,15,17H,1-6,9,11H2,(H,18,19);1H/t15-;/m0./s1. The van der Waals surface area contributed by atoms with Crippen LogP contribution in [0.5, 0.6) is 0 Å². The average molecular weight is 295 g/mol. The minimum atomic E-state index is 0. The largest absolute Gasteiger partial charge is 0.348 e. The van der Waals surface area contributed by atoms with Gasteiger partial charge in [0.1, 0.15) is 0 Å². The Morgan fingerprint density at radius 2 is 1.95 bits per heavy atom. The topological polar surface area (TPSA) is 41.1 Å². The Morgan fingerprint density at radius 1 is 1.15 bits per heavy atom. The van der Waals surface area contributed by atoms with E-state index < -0.39 is 0 Å². The second kappa shape index (κ2) is 7.09. The van der Waals surface area contributed by atoms with Gasteiger partial charge in [-0.15, -0.1) is 12.4 Å². The first-order valence-electron chi connectivity index (χ1n) is 7.46. The van der Waals surface area contributed by atoms with E-state index in [-0.39, 0.29) is 24.4 Å². The van der Waals surface area contributed by atoms with Gasteiger partial charge >= 0.3 is 0 Å². The van der Waals surface area contributed by atoms with Crippen molar-refractivity contribution in [3.8, 4) is 0 Å². The van der Waals surface area contributed by atoms with Crippen LogP contribution >= 0.6 is 12.4 Å². The molecule has 0 aromatic heterocycles. The van der Waals surface area contributed by atoms with Gasteiger partial charge in [-0.05, 0) is 68.3 Å².